The topological polar surface area (TPSA) is 139 Å². The summed E-state index contributed by atoms with van der Waals surface area (Å²) in [7, 11) is 2.06. The molecule has 0 atom stereocenters. The predicted octanol–water partition coefficient (Wildman–Crippen LogP) is 1.60. The van der Waals surface area contributed by atoms with Crippen LogP contribution in [-0.2, 0) is 0 Å². The fourth-order valence-electron chi connectivity index (χ4n) is 3.23. The first kappa shape index (κ1) is 20.0. The summed E-state index contributed by atoms with van der Waals surface area (Å²) in [6.45, 7) is 5.02. The summed E-state index contributed by atoms with van der Waals surface area (Å²) in [5.41, 5.74) is 13.7. The third-order valence-electron chi connectivity index (χ3n) is 4.83. The fourth-order valence-corrected chi connectivity index (χ4v) is 3.99. The molecule has 156 valence electrons. The van der Waals surface area contributed by atoms with Gasteiger partial charge in [-0.1, -0.05) is 17.4 Å². The summed E-state index contributed by atoms with van der Waals surface area (Å²) in [6.07, 6.45) is 0. The molecule has 10 nitrogen and oxygen atoms in total. The quantitative estimate of drug-likeness (QED) is 0.568. The summed E-state index contributed by atoms with van der Waals surface area (Å²) in [4.78, 5) is 34.7. The molecule has 3 aromatic rings. The predicted molar refractivity (Wildman–Crippen MR) is 118 cm³/mol. The average Bonchev–Trinajstić information content (AvgIpc) is 3.06. The lowest BCUT2D eigenvalue weighted by Gasteiger charge is -2.32. The third-order valence-corrected chi connectivity index (χ3v) is 5.81. The normalized spacial score (nSPS) is 14.7. The maximum absolute atomic E-state index is 12.8. The number of nitrogens with one attached hydrogen (secondary N) is 1. The van der Waals surface area contributed by atoms with Gasteiger partial charge in [0.1, 0.15) is 0 Å². The molecule has 0 spiro atoms. The van der Waals surface area contributed by atoms with Crippen LogP contribution in [0.2, 0.25) is 0 Å². The highest BCUT2D eigenvalue weighted by Gasteiger charge is 2.20. The Labute approximate surface area is 178 Å². The number of likely N-dealkylation sites (N-methyl/N-ethyl adjacent to an activating group) is 1. The average molecular weight is 426 g/mol. The van der Waals surface area contributed by atoms with Crippen molar-refractivity contribution < 1.29 is 4.79 Å². The minimum Gasteiger partial charge on any atom is -0.375 e. The number of amides is 1. The zero-order valence-electron chi connectivity index (χ0n) is 16.8. The summed E-state index contributed by atoms with van der Waals surface area (Å²) >= 11 is 1.29. The summed E-state index contributed by atoms with van der Waals surface area (Å²) in [6, 6.07) is 7.26. The zero-order chi connectivity index (χ0) is 21.3. The van der Waals surface area contributed by atoms with E-state index in [1.807, 2.05) is 30.0 Å². The minimum absolute atomic E-state index is 0.0124. The molecule has 1 aromatic carbocycles. The van der Waals surface area contributed by atoms with Gasteiger partial charge in [0, 0.05) is 37.4 Å². The Balaban J connectivity index is 1.56. The highest BCUT2D eigenvalue weighted by Crippen LogP contribution is 2.29. The highest BCUT2D eigenvalue weighted by atomic mass is 32.1. The second-order valence-corrected chi connectivity index (χ2v) is 8.14. The van der Waals surface area contributed by atoms with Crippen LogP contribution in [0.4, 0.5) is 22.7 Å². The minimum atomic E-state index is 0.0124. The van der Waals surface area contributed by atoms with Crippen LogP contribution in [0.5, 0.6) is 0 Å². The van der Waals surface area contributed by atoms with E-state index in [1.165, 1.54) is 11.3 Å². The largest absolute Gasteiger partial charge is 0.375 e. The van der Waals surface area contributed by atoms with E-state index in [9.17, 15) is 4.79 Å². The van der Waals surface area contributed by atoms with Gasteiger partial charge < -0.3 is 26.6 Å². The summed E-state index contributed by atoms with van der Waals surface area (Å²) in [5.74, 6) is 0.784. The molecule has 1 fully saturated rings. The molecule has 0 saturated carbocycles. The van der Waals surface area contributed by atoms with Gasteiger partial charge in [-0.05, 0) is 32.2 Å². The fraction of sp³-hybridized carbons (Fsp3) is 0.316. The lowest BCUT2D eigenvalue weighted by molar-refractivity contribution is 0.0664. The van der Waals surface area contributed by atoms with Crippen LogP contribution in [0.1, 0.15) is 16.1 Å². The molecule has 2 aromatic heterocycles. The molecule has 1 saturated heterocycles. The van der Waals surface area contributed by atoms with Crippen LogP contribution in [0.3, 0.4) is 0 Å². The van der Waals surface area contributed by atoms with Crippen molar-refractivity contribution in [3.8, 4) is 10.7 Å². The van der Waals surface area contributed by atoms with Gasteiger partial charge in [0.2, 0.25) is 11.9 Å². The van der Waals surface area contributed by atoms with E-state index in [2.05, 4.69) is 37.2 Å². The van der Waals surface area contributed by atoms with Gasteiger partial charge in [0.15, 0.2) is 11.0 Å². The number of thiazole rings is 1. The monoisotopic (exact) mass is 425 g/mol. The number of nitrogens with zero attached hydrogens (tertiary/aromatic N) is 6. The number of hydrogen-bond donors (Lipinski definition) is 3. The van der Waals surface area contributed by atoms with Crippen LogP contribution in [0.15, 0.2) is 24.3 Å². The molecule has 30 heavy (non-hydrogen) atoms. The van der Waals surface area contributed by atoms with Crippen molar-refractivity contribution >= 4 is 40.0 Å². The van der Waals surface area contributed by atoms with Gasteiger partial charge in [-0.15, -0.1) is 0 Å². The Morgan fingerprint density at radius 1 is 1.10 bits per heavy atom. The Bertz CT molecular complexity index is 1080. The van der Waals surface area contributed by atoms with Crippen molar-refractivity contribution in [2.45, 2.75) is 6.92 Å². The third kappa shape index (κ3) is 4.31. The number of nitrogen functional groups attached to an aromatic ring is 2. The molecule has 0 bridgehead atoms. The number of aromatic nitrogens is 4. The molecular formula is C19H23N9OS. The van der Waals surface area contributed by atoms with Crippen molar-refractivity contribution in [1.82, 2.24) is 29.7 Å². The van der Waals surface area contributed by atoms with Gasteiger partial charge in [0.05, 0.1) is 10.6 Å². The molecule has 0 radical (unpaired) electrons. The number of nitrogens with two attached hydrogens (primary N) is 2. The maximum atomic E-state index is 12.8. The van der Waals surface area contributed by atoms with Gasteiger partial charge in [-0.2, -0.15) is 15.0 Å². The molecule has 1 amide bonds. The SMILES string of the molecule is Cc1nc(N)sc1-c1nc(N)nc(Nc2cccc(C(=O)N3CCN(C)CC3)c2)n1. The van der Waals surface area contributed by atoms with E-state index in [-0.39, 0.29) is 17.8 Å². The van der Waals surface area contributed by atoms with Crippen molar-refractivity contribution in [3.05, 3.63) is 35.5 Å². The van der Waals surface area contributed by atoms with Crippen LogP contribution in [0, 0.1) is 6.92 Å². The molecule has 4 rings (SSSR count). The first-order chi connectivity index (χ1) is 14.4. The van der Waals surface area contributed by atoms with Crippen molar-refractivity contribution in [2.24, 2.45) is 0 Å². The number of piperazine rings is 1. The molecule has 11 heteroatoms. The number of carbonyl (C=O) groups is 1. The smallest absolute Gasteiger partial charge is 0.254 e. The van der Waals surface area contributed by atoms with E-state index < -0.39 is 0 Å². The summed E-state index contributed by atoms with van der Waals surface area (Å²) in [5, 5.41) is 3.55. The molecular weight excluding hydrogens is 402 g/mol. The molecule has 1 aliphatic rings. The van der Waals surface area contributed by atoms with E-state index >= 15 is 0 Å². The van der Waals surface area contributed by atoms with Gasteiger partial charge >= 0.3 is 0 Å². The Hall–Kier alpha value is -3.31. The Kier molecular flexibility index (Phi) is 5.46. The molecule has 0 aliphatic carbocycles. The van der Waals surface area contributed by atoms with Crippen LogP contribution in [0.25, 0.3) is 10.7 Å². The maximum Gasteiger partial charge on any atom is 0.254 e. The van der Waals surface area contributed by atoms with Crippen LogP contribution < -0.4 is 16.8 Å². The van der Waals surface area contributed by atoms with Gasteiger partial charge in [-0.25, -0.2) is 4.98 Å². The number of carbonyl (C=O) groups excluding carboxylic acids is 1. The lowest BCUT2D eigenvalue weighted by Crippen LogP contribution is -2.47. The second kappa shape index (κ2) is 8.20. The number of benzene rings is 1. The van der Waals surface area contributed by atoms with Gasteiger partial charge in [-0.3, -0.25) is 4.79 Å². The Morgan fingerprint density at radius 3 is 2.57 bits per heavy atom. The van der Waals surface area contributed by atoms with Crippen molar-refractivity contribution in [2.75, 3.05) is 50.0 Å². The van der Waals surface area contributed by atoms with Crippen LogP contribution in [-0.4, -0.2) is 68.9 Å². The molecule has 3 heterocycles. The number of aryl methyl sites for hydroxylation is 1. The molecule has 1 aliphatic heterocycles. The number of anilines is 4. The first-order valence-electron chi connectivity index (χ1n) is 9.49. The highest BCUT2D eigenvalue weighted by molar-refractivity contribution is 7.18. The first-order valence-corrected chi connectivity index (χ1v) is 10.3. The van der Waals surface area contributed by atoms with Crippen LogP contribution >= 0.6 is 11.3 Å². The van der Waals surface area contributed by atoms with Crippen molar-refractivity contribution in [3.63, 3.8) is 0 Å². The zero-order valence-corrected chi connectivity index (χ0v) is 17.6. The van der Waals surface area contributed by atoms with E-state index in [0.29, 0.717) is 22.2 Å². The number of hydrogen-bond acceptors (Lipinski definition) is 10. The van der Waals surface area contributed by atoms with Gasteiger partial charge in [0.25, 0.3) is 5.91 Å². The van der Waals surface area contributed by atoms with Crippen molar-refractivity contribution in [1.29, 1.82) is 0 Å². The second-order valence-electron chi connectivity index (χ2n) is 7.11. The lowest BCUT2D eigenvalue weighted by atomic mass is 10.1. The van der Waals surface area contributed by atoms with E-state index in [0.717, 1.165) is 36.8 Å². The molecule has 5 N–H and O–H groups in total. The Morgan fingerprint density at radius 2 is 1.87 bits per heavy atom. The van der Waals surface area contributed by atoms with E-state index in [4.69, 9.17) is 11.5 Å². The molecule has 0 unspecified atom stereocenters. The summed E-state index contributed by atoms with van der Waals surface area (Å²) < 4.78 is 0. The number of rotatable bonds is 4. The standard InChI is InChI=1S/C19H23N9OS/c1-11-14(30-18(21)22-11)15-24-17(20)26-19(25-15)23-13-5-3-4-12(10-13)16(29)28-8-6-27(2)7-9-28/h3-5,10H,6-9H2,1-2H3,(H2,21,22)(H3,20,23,24,25,26). The van der Waals surface area contributed by atoms with E-state index in [1.54, 1.807) is 6.07 Å².